The Labute approximate surface area is 116 Å². The van der Waals surface area contributed by atoms with Crippen molar-refractivity contribution in [2.75, 3.05) is 7.05 Å². The Morgan fingerprint density at radius 3 is 2.61 bits per heavy atom. The van der Waals surface area contributed by atoms with Crippen LogP contribution in [-0.4, -0.2) is 18.0 Å². The van der Waals surface area contributed by atoms with E-state index in [0.29, 0.717) is 18.4 Å². The number of rotatable bonds is 6. The monoisotopic (exact) mass is 314 g/mol. The predicted octanol–water partition coefficient (Wildman–Crippen LogP) is 3.53. The number of nitro benzene ring substituents is 1. The highest BCUT2D eigenvalue weighted by Crippen LogP contribution is 2.25. The van der Waals surface area contributed by atoms with Crippen molar-refractivity contribution < 1.29 is 4.92 Å². The van der Waals surface area contributed by atoms with E-state index in [0.717, 1.165) is 16.5 Å². The lowest BCUT2D eigenvalue weighted by atomic mass is 9.96. The predicted molar refractivity (Wildman–Crippen MR) is 76.8 cm³/mol. The van der Waals surface area contributed by atoms with Gasteiger partial charge in [-0.3, -0.25) is 10.1 Å². The maximum Gasteiger partial charge on any atom is 0.273 e. The molecule has 0 aliphatic rings. The van der Waals surface area contributed by atoms with Crippen molar-refractivity contribution in [2.45, 2.75) is 32.7 Å². The van der Waals surface area contributed by atoms with Gasteiger partial charge >= 0.3 is 0 Å². The summed E-state index contributed by atoms with van der Waals surface area (Å²) in [6.07, 6.45) is 1.61. The van der Waals surface area contributed by atoms with Crippen molar-refractivity contribution in [3.63, 3.8) is 0 Å². The highest BCUT2D eigenvalue weighted by atomic mass is 79.9. The van der Waals surface area contributed by atoms with Crippen LogP contribution in [0.4, 0.5) is 5.69 Å². The van der Waals surface area contributed by atoms with Crippen molar-refractivity contribution in [2.24, 2.45) is 5.92 Å². The summed E-state index contributed by atoms with van der Waals surface area (Å²) < 4.78 is 0.743. The Morgan fingerprint density at radius 1 is 1.44 bits per heavy atom. The van der Waals surface area contributed by atoms with Gasteiger partial charge in [-0.1, -0.05) is 35.8 Å². The minimum atomic E-state index is -0.316. The largest absolute Gasteiger partial charge is 0.317 e. The van der Waals surface area contributed by atoms with E-state index in [1.807, 2.05) is 19.2 Å². The molecule has 0 bridgehead atoms. The molecule has 0 spiro atoms. The van der Waals surface area contributed by atoms with Crippen LogP contribution >= 0.6 is 15.9 Å². The molecule has 4 nitrogen and oxygen atoms in total. The summed E-state index contributed by atoms with van der Waals surface area (Å²) in [5.41, 5.74) is 0.993. The third-order valence-corrected chi connectivity index (χ3v) is 3.64. The molecule has 1 aromatic carbocycles. The first-order valence-corrected chi connectivity index (χ1v) is 6.85. The van der Waals surface area contributed by atoms with E-state index >= 15 is 0 Å². The summed E-state index contributed by atoms with van der Waals surface area (Å²) >= 11 is 3.26. The van der Waals surface area contributed by atoms with Gasteiger partial charge in [0.05, 0.1) is 4.92 Å². The average molecular weight is 315 g/mol. The quantitative estimate of drug-likeness (QED) is 0.645. The summed E-state index contributed by atoms with van der Waals surface area (Å²) in [5, 5.41) is 14.2. The number of nitrogens with zero attached hydrogens (tertiary/aromatic N) is 1. The van der Waals surface area contributed by atoms with Crippen molar-refractivity contribution in [3.8, 4) is 0 Å². The summed E-state index contributed by atoms with van der Waals surface area (Å²) in [7, 11) is 1.93. The Hall–Kier alpha value is -0.940. The zero-order valence-corrected chi connectivity index (χ0v) is 12.5. The molecule has 0 aliphatic carbocycles. The van der Waals surface area contributed by atoms with Gasteiger partial charge in [-0.2, -0.15) is 0 Å². The topological polar surface area (TPSA) is 55.2 Å². The number of aryl methyl sites for hydroxylation is 1. The molecule has 0 fully saturated rings. The summed E-state index contributed by atoms with van der Waals surface area (Å²) in [6.45, 7) is 4.30. The molecule has 0 heterocycles. The van der Waals surface area contributed by atoms with Crippen LogP contribution in [0.25, 0.3) is 0 Å². The standard InChI is InChI=1S/C13H19BrN2O2/c1-9(2)12(15-3)7-5-10-4-6-11(14)8-13(10)16(17)18/h4,6,8-9,12,15H,5,7H2,1-3H3. The van der Waals surface area contributed by atoms with Crippen LogP contribution < -0.4 is 5.32 Å². The van der Waals surface area contributed by atoms with Crippen LogP contribution in [-0.2, 0) is 6.42 Å². The van der Waals surface area contributed by atoms with E-state index in [2.05, 4.69) is 35.1 Å². The number of benzene rings is 1. The fraction of sp³-hybridized carbons (Fsp3) is 0.538. The summed E-state index contributed by atoms with van der Waals surface area (Å²) in [4.78, 5) is 10.7. The van der Waals surface area contributed by atoms with Crippen LogP contribution in [0.1, 0.15) is 25.8 Å². The van der Waals surface area contributed by atoms with E-state index in [4.69, 9.17) is 0 Å². The Bertz CT molecular complexity index is 421. The van der Waals surface area contributed by atoms with Gasteiger partial charge in [0.1, 0.15) is 0 Å². The van der Waals surface area contributed by atoms with E-state index < -0.39 is 0 Å². The zero-order valence-electron chi connectivity index (χ0n) is 10.9. The summed E-state index contributed by atoms with van der Waals surface area (Å²) in [5.74, 6) is 0.518. The van der Waals surface area contributed by atoms with Crippen molar-refractivity contribution in [1.29, 1.82) is 0 Å². The highest BCUT2D eigenvalue weighted by Gasteiger charge is 2.17. The minimum absolute atomic E-state index is 0.197. The average Bonchev–Trinajstić information content (AvgIpc) is 2.30. The molecule has 0 aromatic heterocycles. The first-order valence-electron chi connectivity index (χ1n) is 6.05. The number of nitrogens with one attached hydrogen (secondary N) is 1. The Balaban J connectivity index is 2.81. The van der Waals surface area contributed by atoms with Crippen LogP contribution in [0.3, 0.4) is 0 Å². The molecule has 0 aliphatic heterocycles. The molecule has 18 heavy (non-hydrogen) atoms. The van der Waals surface area contributed by atoms with Crippen LogP contribution in [0.2, 0.25) is 0 Å². The fourth-order valence-corrected chi connectivity index (χ4v) is 2.39. The second-order valence-electron chi connectivity index (χ2n) is 4.71. The third kappa shape index (κ3) is 4.07. The first kappa shape index (κ1) is 15.1. The molecule has 1 aromatic rings. The number of hydrogen-bond donors (Lipinski definition) is 1. The van der Waals surface area contributed by atoms with Crippen LogP contribution in [0, 0.1) is 16.0 Å². The third-order valence-electron chi connectivity index (χ3n) is 3.14. The molecule has 0 saturated heterocycles. The number of halogens is 1. The Kier molecular flexibility index (Phi) is 5.75. The molecule has 0 amide bonds. The lowest BCUT2D eigenvalue weighted by Gasteiger charge is -2.19. The molecule has 1 rings (SSSR count). The maximum atomic E-state index is 11.0. The molecule has 1 unspecified atom stereocenters. The molecular weight excluding hydrogens is 296 g/mol. The molecule has 5 heteroatoms. The van der Waals surface area contributed by atoms with Gasteiger partial charge in [-0.15, -0.1) is 0 Å². The van der Waals surface area contributed by atoms with Crippen molar-refractivity contribution >= 4 is 21.6 Å². The van der Waals surface area contributed by atoms with Crippen molar-refractivity contribution in [1.82, 2.24) is 5.32 Å². The second-order valence-corrected chi connectivity index (χ2v) is 5.62. The van der Waals surface area contributed by atoms with E-state index in [-0.39, 0.29) is 10.6 Å². The fourth-order valence-electron chi connectivity index (χ4n) is 2.04. The number of hydrogen-bond acceptors (Lipinski definition) is 3. The number of nitro groups is 1. The molecular formula is C13H19BrN2O2. The van der Waals surface area contributed by atoms with Crippen molar-refractivity contribution in [3.05, 3.63) is 38.3 Å². The smallest absolute Gasteiger partial charge is 0.273 e. The lowest BCUT2D eigenvalue weighted by molar-refractivity contribution is -0.385. The SMILES string of the molecule is CNC(CCc1ccc(Br)cc1[N+](=O)[O-])C(C)C. The van der Waals surface area contributed by atoms with Crippen LogP contribution in [0.15, 0.2) is 22.7 Å². The van der Waals surface area contributed by atoms with Crippen LogP contribution in [0.5, 0.6) is 0 Å². The molecule has 0 saturated carbocycles. The highest BCUT2D eigenvalue weighted by molar-refractivity contribution is 9.10. The van der Waals surface area contributed by atoms with Gasteiger partial charge in [-0.05, 0) is 31.9 Å². The maximum absolute atomic E-state index is 11.0. The van der Waals surface area contributed by atoms with E-state index in [1.54, 1.807) is 6.07 Å². The Morgan fingerprint density at radius 2 is 2.11 bits per heavy atom. The van der Waals surface area contributed by atoms with Gasteiger partial charge in [-0.25, -0.2) is 0 Å². The van der Waals surface area contributed by atoms with Gasteiger partial charge in [0.15, 0.2) is 0 Å². The molecule has 0 radical (unpaired) electrons. The summed E-state index contributed by atoms with van der Waals surface area (Å²) in [6, 6.07) is 5.63. The molecule has 1 atom stereocenters. The van der Waals surface area contributed by atoms with Gasteiger partial charge in [0.2, 0.25) is 0 Å². The lowest BCUT2D eigenvalue weighted by Crippen LogP contribution is -2.31. The molecule has 100 valence electrons. The normalized spacial score (nSPS) is 12.7. The molecule has 1 N–H and O–H groups in total. The first-order chi connectivity index (χ1) is 8.45. The van der Waals surface area contributed by atoms with Gasteiger partial charge < -0.3 is 5.32 Å². The van der Waals surface area contributed by atoms with Gasteiger partial charge in [0, 0.05) is 22.1 Å². The van der Waals surface area contributed by atoms with E-state index in [9.17, 15) is 10.1 Å². The second kappa shape index (κ2) is 6.85. The zero-order chi connectivity index (χ0) is 13.7. The minimum Gasteiger partial charge on any atom is -0.317 e. The van der Waals surface area contributed by atoms with Gasteiger partial charge in [0.25, 0.3) is 5.69 Å². The van der Waals surface area contributed by atoms with E-state index in [1.165, 1.54) is 0 Å².